The van der Waals surface area contributed by atoms with Crippen LogP contribution in [-0.2, 0) is 6.54 Å². The average molecular weight is 193 g/mol. The Hall–Kier alpha value is -1.32. The third kappa shape index (κ3) is 1.64. The lowest BCUT2D eigenvalue weighted by atomic mass is 10.3. The highest BCUT2D eigenvalue weighted by Crippen LogP contribution is 2.36. The highest BCUT2D eigenvalue weighted by Gasteiger charge is 2.38. The zero-order valence-electron chi connectivity index (χ0n) is 8.58. The molecule has 0 aromatic carbocycles. The minimum atomic E-state index is -0.0249. The standard InChI is InChI=1S/C10H15N3O/c1-3-13-7-6-11-8(9(13)14)12-10(2)4-5-10/h6-7H,3-5H2,1-2H3,(H,11,12). The summed E-state index contributed by atoms with van der Waals surface area (Å²) in [5, 5.41) is 3.19. The first-order chi connectivity index (χ1) is 6.64. The molecule has 0 aliphatic heterocycles. The molecule has 0 bridgehead atoms. The van der Waals surface area contributed by atoms with Crippen molar-refractivity contribution < 1.29 is 0 Å². The van der Waals surface area contributed by atoms with Crippen molar-refractivity contribution in [2.75, 3.05) is 5.32 Å². The van der Waals surface area contributed by atoms with E-state index in [1.807, 2.05) is 6.92 Å². The Balaban J connectivity index is 2.29. The first-order valence-electron chi connectivity index (χ1n) is 4.98. The van der Waals surface area contributed by atoms with Crippen molar-refractivity contribution in [3.05, 3.63) is 22.7 Å². The average Bonchev–Trinajstić information content (AvgIpc) is 2.88. The molecule has 4 heteroatoms. The van der Waals surface area contributed by atoms with Gasteiger partial charge in [-0.25, -0.2) is 4.98 Å². The summed E-state index contributed by atoms with van der Waals surface area (Å²) in [6.45, 7) is 4.74. The summed E-state index contributed by atoms with van der Waals surface area (Å²) < 4.78 is 1.65. The van der Waals surface area contributed by atoms with E-state index in [1.165, 1.54) is 0 Å². The van der Waals surface area contributed by atoms with Gasteiger partial charge in [0.05, 0.1) is 0 Å². The Morgan fingerprint density at radius 2 is 2.36 bits per heavy atom. The van der Waals surface area contributed by atoms with Gasteiger partial charge in [-0.3, -0.25) is 4.79 Å². The monoisotopic (exact) mass is 193 g/mol. The van der Waals surface area contributed by atoms with Crippen LogP contribution in [0.5, 0.6) is 0 Å². The smallest absolute Gasteiger partial charge is 0.293 e. The molecule has 4 nitrogen and oxygen atoms in total. The highest BCUT2D eigenvalue weighted by atomic mass is 16.1. The Bertz CT molecular complexity index is 393. The minimum Gasteiger partial charge on any atom is -0.360 e. The van der Waals surface area contributed by atoms with Crippen molar-refractivity contribution in [3.8, 4) is 0 Å². The minimum absolute atomic E-state index is 0.0249. The number of aryl methyl sites for hydroxylation is 1. The summed E-state index contributed by atoms with van der Waals surface area (Å²) in [5.74, 6) is 0.481. The molecule has 1 N–H and O–H groups in total. The van der Waals surface area contributed by atoms with Crippen LogP contribution in [0, 0.1) is 0 Å². The summed E-state index contributed by atoms with van der Waals surface area (Å²) in [6.07, 6.45) is 5.62. The fourth-order valence-electron chi connectivity index (χ4n) is 1.38. The SMILES string of the molecule is CCn1ccnc(NC2(C)CC2)c1=O. The first-order valence-corrected chi connectivity index (χ1v) is 4.98. The lowest BCUT2D eigenvalue weighted by molar-refractivity contribution is 0.710. The van der Waals surface area contributed by atoms with E-state index in [-0.39, 0.29) is 11.1 Å². The Kier molecular flexibility index (Phi) is 2.06. The Labute approximate surface area is 83.0 Å². The van der Waals surface area contributed by atoms with Crippen molar-refractivity contribution in [2.45, 2.75) is 38.8 Å². The van der Waals surface area contributed by atoms with E-state index in [0.717, 1.165) is 12.8 Å². The van der Waals surface area contributed by atoms with E-state index in [0.29, 0.717) is 12.4 Å². The van der Waals surface area contributed by atoms with Crippen LogP contribution in [0.15, 0.2) is 17.2 Å². The lowest BCUT2D eigenvalue weighted by Gasteiger charge is -2.12. The number of rotatable bonds is 3. The van der Waals surface area contributed by atoms with Crippen molar-refractivity contribution in [1.82, 2.24) is 9.55 Å². The Morgan fingerprint density at radius 3 is 2.93 bits per heavy atom. The topological polar surface area (TPSA) is 46.9 Å². The van der Waals surface area contributed by atoms with Gasteiger partial charge in [-0.15, -0.1) is 0 Å². The maximum absolute atomic E-state index is 11.7. The van der Waals surface area contributed by atoms with Crippen molar-refractivity contribution in [2.24, 2.45) is 0 Å². The van der Waals surface area contributed by atoms with Gasteiger partial charge in [-0.2, -0.15) is 0 Å². The number of anilines is 1. The van der Waals surface area contributed by atoms with Gasteiger partial charge in [-0.05, 0) is 26.7 Å². The number of aromatic nitrogens is 2. The molecular formula is C10H15N3O. The van der Waals surface area contributed by atoms with Crippen LogP contribution in [0.2, 0.25) is 0 Å². The number of nitrogens with zero attached hydrogens (tertiary/aromatic N) is 2. The molecule has 0 unspecified atom stereocenters. The van der Waals surface area contributed by atoms with Gasteiger partial charge in [0.15, 0.2) is 5.82 Å². The third-order valence-electron chi connectivity index (χ3n) is 2.67. The maximum Gasteiger partial charge on any atom is 0.293 e. The second kappa shape index (κ2) is 3.12. The fraction of sp³-hybridized carbons (Fsp3) is 0.600. The van der Waals surface area contributed by atoms with Crippen LogP contribution in [0.1, 0.15) is 26.7 Å². The normalized spacial score (nSPS) is 17.9. The summed E-state index contributed by atoms with van der Waals surface area (Å²) >= 11 is 0. The summed E-state index contributed by atoms with van der Waals surface area (Å²) in [6, 6.07) is 0. The second-order valence-electron chi connectivity index (χ2n) is 4.05. The second-order valence-corrected chi connectivity index (χ2v) is 4.05. The van der Waals surface area contributed by atoms with E-state index in [4.69, 9.17) is 0 Å². The summed E-state index contributed by atoms with van der Waals surface area (Å²) in [7, 11) is 0. The van der Waals surface area contributed by atoms with E-state index in [9.17, 15) is 4.79 Å². The molecule has 0 saturated heterocycles. The molecule has 1 aromatic heterocycles. The van der Waals surface area contributed by atoms with Crippen LogP contribution in [0.4, 0.5) is 5.82 Å². The van der Waals surface area contributed by atoms with Gasteiger partial charge in [-0.1, -0.05) is 0 Å². The molecule has 1 heterocycles. The number of nitrogens with one attached hydrogen (secondary N) is 1. The number of hydrogen-bond acceptors (Lipinski definition) is 3. The highest BCUT2D eigenvalue weighted by molar-refractivity contribution is 5.37. The molecule has 0 radical (unpaired) electrons. The van der Waals surface area contributed by atoms with Crippen LogP contribution < -0.4 is 10.9 Å². The van der Waals surface area contributed by atoms with Crippen molar-refractivity contribution in [1.29, 1.82) is 0 Å². The summed E-state index contributed by atoms with van der Waals surface area (Å²) in [5.41, 5.74) is 0.0853. The predicted molar refractivity (Wildman–Crippen MR) is 55.4 cm³/mol. The van der Waals surface area contributed by atoms with Crippen molar-refractivity contribution >= 4 is 5.82 Å². The number of hydrogen-bond donors (Lipinski definition) is 1. The van der Waals surface area contributed by atoms with Gasteiger partial charge in [0.25, 0.3) is 5.56 Å². The fourth-order valence-corrected chi connectivity index (χ4v) is 1.38. The van der Waals surface area contributed by atoms with Crippen LogP contribution in [-0.4, -0.2) is 15.1 Å². The molecule has 1 saturated carbocycles. The van der Waals surface area contributed by atoms with Gasteiger partial charge < -0.3 is 9.88 Å². The lowest BCUT2D eigenvalue weighted by Crippen LogP contribution is -2.28. The molecule has 1 aromatic rings. The molecule has 2 rings (SSSR count). The molecule has 0 amide bonds. The van der Waals surface area contributed by atoms with Gasteiger partial charge >= 0.3 is 0 Å². The zero-order valence-corrected chi connectivity index (χ0v) is 8.58. The largest absolute Gasteiger partial charge is 0.360 e. The predicted octanol–water partition coefficient (Wildman–Crippen LogP) is 1.23. The van der Waals surface area contributed by atoms with E-state index in [2.05, 4.69) is 17.2 Å². The molecule has 0 atom stereocenters. The van der Waals surface area contributed by atoms with E-state index >= 15 is 0 Å². The molecule has 0 spiro atoms. The Morgan fingerprint density at radius 1 is 1.64 bits per heavy atom. The van der Waals surface area contributed by atoms with E-state index < -0.39 is 0 Å². The van der Waals surface area contributed by atoms with Crippen LogP contribution in [0.3, 0.4) is 0 Å². The third-order valence-corrected chi connectivity index (χ3v) is 2.67. The van der Waals surface area contributed by atoms with Gasteiger partial charge in [0.1, 0.15) is 0 Å². The van der Waals surface area contributed by atoms with Crippen LogP contribution in [0.25, 0.3) is 0 Å². The van der Waals surface area contributed by atoms with Gasteiger partial charge in [0, 0.05) is 24.5 Å². The molecular weight excluding hydrogens is 178 g/mol. The van der Waals surface area contributed by atoms with Gasteiger partial charge in [0.2, 0.25) is 0 Å². The zero-order chi connectivity index (χ0) is 10.2. The van der Waals surface area contributed by atoms with E-state index in [1.54, 1.807) is 17.0 Å². The molecule has 76 valence electrons. The molecule has 1 fully saturated rings. The quantitative estimate of drug-likeness (QED) is 0.785. The molecule has 1 aliphatic carbocycles. The molecule has 14 heavy (non-hydrogen) atoms. The van der Waals surface area contributed by atoms with Crippen molar-refractivity contribution in [3.63, 3.8) is 0 Å². The maximum atomic E-state index is 11.7. The van der Waals surface area contributed by atoms with Crippen LogP contribution >= 0.6 is 0 Å². The summed E-state index contributed by atoms with van der Waals surface area (Å²) in [4.78, 5) is 15.8. The molecule has 1 aliphatic rings. The first kappa shape index (κ1) is 9.24.